The summed E-state index contributed by atoms with van der Waals surface area (Å²) in [6, 6.07) is 16.9. The van der Waals surface area contributed by atoms with E-state index in [1.807, 2.05) is 0 Å². The minimum absolute atomic E-state index is 0.156. The van der Waals surface area contributed by atoms with E-state index in [0.717, 1.165) is 4.90 Å². The Kier molecular flexibility index (Phi) is 7.83. The molecule has 3 aromatic carbocycles. The van der Waals surface area contributed by atoms with Gasteiger partial charge in [0.05, 0.1) is 33.6 Å². The Morgan fingerprint density at radius 1 is 0.892 bits per heavy atom. The molecule has 11 heteroatoms. The minimum atomic E-state index is -0.734. The van der Waals surface area contributed by atoms with E-state index in [-0.39, 0.29) is 39.2 Å². The molecule has 0 fully saturated rings. The maximum absolute atomic E-state index is 13.1. The molecule has 1 aliphatic heterocycles. The van der Waals surface area contributed by atoms with Gasteiger partial charge in [-0.15, -0.1) is 0 Å². The summed E-state index contributed by atoms with van der Waals surface area (Å²) in [7, 11) is 0. The Bertz CT molecular complexity index is 1450. The molecule has 0 aliphatic carbocycles. The standard InChI is InChI=1S/C26H18Cl3N3O5/c1-2-37-26(36)14-9-11-17(12-10-14)32-24(34)21(29)22(25(32)35)30-16-6-3-5-15(13-16)23(33)31-19-8-4-7-18(27)20(19)28/h3-13,30H,2H2,1H3,(H,31,33). The van der Waals surface area contributed by atoms with Crippen LogP contribution in [0.1, 0.15) is 27.6 Å². The highest BCUT2D eigenvalue weighted by atomic mass is 35.5. The molecule has 0 unspecified atom stereocenters. The number of hydrogen-bond donors (Lipinski definition) is 2. The van der Waals surface area contributed by atoms with Crippen LogP contribution in [0.15, 0.2) is 77.5 Å². The molecule has 1 heterocycles. The van der Waals surface area contributed by atoms with Gasteiger partial charge in [-0.25, -0.2) is 9.69 Å². The quantitative estimate of drug-likeness (QED) is 0.278. The molecule has 0 bridgehead atoms. The molecule has 2 N–H and O–H groups in total. The van der Waals surface area contributed by atoms with Crippen molar-refractivity contribution in [3.63, 3.8) is 0 Å². The zero-order valence-electron chi connectivity index (χ0n) is 19.2. The number of anilines is 3. The topological polar surface area (TPSA) is 105 Å². The van der Waals surface area contributed by atoms with Crippen LogP contribution < -0.4 is 15.5 Å². The fourth-order valence-electron chi connectivity index (χ4n) is 3.48. The fourth-order valence-corrected chi connectivity index (χ4v) is 4.04. The Morgan fingerprint density at radius 2 is 1.59 bits per heavy atom. The summed E-state index contributed by atoms with van der Waals surface area (Å²) >= 11 is 18.3. The molecule has 0 radical (unpaired) electrons. The Morgan fingerprint density at radius 3 is 2.30 bits per heavy atom. The van der Waals surface area contributed by atoms with Crippen molar-refractivity contribution in [1.29, 1.82) is 0 Å². The first-order chi connectivity index (χ1) is 17.7. The lowest BCUT2D eigenvalue weighted by Crippen LogP contribution is -2.32. The molecule has 4 rings (SSSR count). The van der Waals surface area contributed by atoms with Crippen molar-refractivity contribution in [2.75, 3.05) is 22.1 Å². The number of hydrogen-bond acceptors (Lipinski definition) is 6. The van der Waals surface area contributed by atoms with Crippen molar-refractivity contribution >= 4 is 75.6 Å². The van der Waals surface area contributed by atoms with Gasteiger partial charge in [-0.3, -0.25) is 14.4 Å². The molecule has 0 atom stereocenters. The number of esters is 1. The monoisotopic (exact) mass is 557 g/mol. The summed E-state index contributed by atoms with van der Waals surface area (Å²) in [5, 5.41) is 5.69. The SMILES string of the molecule is CCOC(=O)c1ccc(N2C(=O)C(Cl)=C(Nc3cccc(C(=O)Nc4cccc(Cl)c4Cl)c3)C2=O)cc1. The van der Waals surface area contributed by atoms with Crippen LogP contribution in [0.5, 0.6) is 0 Å². The van der Waals surface area contributed by atoms with Crippen molar-refractivity contribution in [2.24, 2.45) is 0 Å². The van der Waals surface area contributed by atoms with Crippen molar-refractivity contribution in [3.8, 4) is 0 Å². The number of imide groups is 1. The van der Waals surface area contributed by atoms with Crippen LogP contribution in [0.25, 0.3) is 0 Å². The van der Waals surface area contributed by atoms with Gasteiger partial charge in [0.1, 0.15) is 10.7 Å². The number of carbonyl (C=O) groups is 4. The lowest BCUT2D eigenvalue weighted by Gasteiger charge is -2.15. The van der Waals surface area contributed by atoms with Crippen LogP contribution >= 0.6 is 34.8 Å². The summed E-state index contributed by atoms with van der Waals surface area (Å²) in [6.45, 7) is 1.91. The summed E-state index contributed by atoms with van der Waals surface area (Å²) in [5.74, 6) is -2.42. The van der Waals surface area contributed by atoms with Gasteiger partial charge in [-0.2, -0.15) is 0 Å². The average Bonchev–Trinajstić information content (AvgIpc) is 3.10. The Hall–Kier alpha value is -3.85. The molecule has 3 amide bonds. The van der Waals surface area contributed by atoms with Gasteiger partial charge in [-0.05, 0) is 61.5 Å². The normalized spacial score (nSPS) is 13.1. The van der Waals surface area contributed by atoms with Crippen LogP contribution in [0.2, 0.25) is 10.0 Å². The van der Waals surface area contributed by atoms with Crippen molar-refractivity contribution in [3.05, 3.63) is 98.6 Å². The molecule has 0 saturated heterocycles. The predicted molar refractivity (Wildman–Crippen MR) is 142 cm³/mol. The van der Waals surface area contributed by atoms with E-state index in [1.54, 1.807) is 43.3 Å². The molecule has 37 heavy (non-hydrogen) atoms. The van der Waals surface area contributed by atoms with Crippen molar-refractivity contribution in [2.45, 2.75) is 6.92 Å². The number of rotatable bonds is 7. The molecule has 8 nitrogen and oxygen atoms in total. The Labute approximate surface area is 226 Å². The Balaban J connectivity index is 1.51. The maximum atomic E-state index is 13.1. The van der Waals surface area contributed by atoms with Gasteiger partial charge < -0.3 is 15.4 Å². The van der Waals surface area contributed by atoms with Gasteiger partial charge in [0.2, 0.25) is 0 Å². The van der Waals surface area contributed by atoms with Crippen LogP contribution in [-0.4, -0.2) is 30.3 Å². The first kappa shape index (κ1) is 26.2. The predicted octanol–water partition coefficient (Wildman–Crippen LogP) is 5.86. The third-order valence-corrected chi connectivity index (χ3v) is 6.43. The number of benzene rings is 3. The zero-order valence-corrected chi connectivity index (χ0v) is 21.4. The lowest BCUT2D eigenvalue weighted by atomic mass is 10.1. The van der Waals surface area contributed by atoms with E-state index in [0.29, 0.717) is 16.4 Å². The van der Waals surface area contributed by atoms with Crippen molar-refractivity contribution < 1.29 is 23.9 Å². The van der Waals surface area contributed by atoms with E-state index in [2.05, 4.69) is 10.6 Å². The smallest absolute Gasteiger partial charge is 0.338 e. The lowest BCUT2D eigenvalue weighted by molar-refractivity contribution is -0.120. The van der Waals surface area contributed by atoms with E-state index >= 15 is 0 Å². The molecule has 188 valence electrons. The van der Waals surface area contributed by atoms with E-state index in [9.17, 15) is 19.2 Å². The molecule has 1 aliphatic rings. The molecular formula is C26H18Cl3N3O5. The average molecular weight is 559 g/mol. The van der Waals surface area contributed by atoms with E-state index in [1.165, 1.54) is 30.3 Å². The van der Waals surface area contributed by atoms with E-state index in [4.69, 9.17) is 39.5 Å². The largest absolute Gasteiger partial charge is 0.462 e. The van der Waals surface area contributed by atoms with E-state index < -0.39 is 23.7 Å². The van der Waals surface area contributed by atoms with Gasteiger partial charge in [0.25, 0.3) is 17.7 Å². The van der Waals surface area contributed by atoms with Crippen LogP contribution in [-0.2, 0) is 14.3 Å². The van der Waals surface area contributed by atoms with Crippen LogP contribution in [0.3, 0.4) is 0 Å². The highest BCUT2D eigenvalue weighted by Crippen LogP contribution is 2.32. The van der Waals surface area contributed by atoms with Crippen LogP contribution in [0, 0.1) is 0 Å². The third-order valence-electron chi connectivity index (χ3n) is 5.26. The highest BCUT2D eigenvalue weighted by molar-refractivity contribution is 6.53. The summed E-state index contributed by atoms with van der Waals surface area (Å²) in [5.41, 5.74) is 1.28. The second-order valence-electron chi connectivity index (χ2n) is 7.66. The molecular weight excluding hydrogens is 541 g/mol. The zero-order chi connectivity index (χ0) is 26.7. The van der Waals surface area contributed by atoms with Crippen molar-refractivity contribution in [1.82, 2.24) is 0 Å². The molecule has 0 spiro atoms. The summed E-state index contributed by atoms with van der Waals surface area (Å²) in [6.07, 6.45) is 0. The number of halogens is 3. The number of amides is 3. The third kappa shape index (κ3) is 5.46. The second-order valence-corrected chi connectivity index (χ2v) is 8.83. The van der Waals surface area contributed by atoms with Gasteiger partial charge >= 0.3 is 5.97 Å². The first-order valence-corrected chi connectivity index (χ1v) is 12.0. The molecule has 0 saturated carbocycles. The summed E-state index contributed by atoms with van der Waals surface area (Å²) in [4.78, 5) is 51.4. The van der Waals surface area contributed by atoms with Gasteiger partial charge in [0, 0.05) is 11.3 Å². The number of ether oxygens (including phenoxy) is 1. The number of nitrogens with zero attached hydrogens (tertiary/aromatic N) is 1. The fraction of sp³-hybridized carbons (Fsp3) is 0.0769. The molecule has 0 aromatic heterocycles. The molecule has 3 aromatic rings. The summed E-state index contributed by atoms with van der Waals surface area (Å²) < 4.78 is 4.94. The van der Waals surface area contributed by atoms with Crippen LogP contribution in [0.4, 0.5) is 17.1 Å². The number of carbonyl (C=O) groups excluding carboxylic acids is 4. The number of nitrogens with one attached hydrogen (secondary N) is 2. The van der Waals surface area contributed by atoms with Gasteiger partial charge in [0.15, 0.2) is 0 Å². The highest BCUT2D eigenvalue weighted by Gasteiger charge is 2.39. The van der Waals surface area contributed by atoms with Gasteiger partial charge in [-0.1, -0.05) is 46.9 Å². The first-order valence-electron chi connectivity index (χ1n) is 10.9. The maximum Gasteiger partial charge on any atom is 0.338 e. The minimum Gasteiger partial charge on any atom is -0.462 e. The second kappa shape index (κ2) is 11.0.